The van der Waals surface area contributed by atoms with E-state index in [1.807, 2.05) is 18.2 Å². The standard InChI is InChI=1S/C23H19FN2O6S/c24-17-6-8-18(9-7-17)32-19-10-12-20(13-11-19)33(29,30)25-21-14-22(27)26(23(21)28)31-15-16-4-2-1-3-5-16/h1-14,25,27-28H,15H2. The second kappa shape index (κ2) is 9.13. The number of nitrogens with zero attached hydrogens (tertiary/aromatic N) is 1. The molecule has 0 fully saturated rings. The minimum absolute atomic E-state index is 0.0400. The van der Waals surface area contributed by atoms with Crippen LogP contribution in [0.15, 0.2) is 89.8 Å². The predicted molar refractivity (Wildman–Crippen MR) is 118 cm³/mol. The average molecular weight is 470 g/mol. The lowest BCUT2D eigenvalue weighted by molar-refractivity contribution is 0.0647. The highest BCUT2D eigenvalue weighted by Crippen LogP contribution is 2.33. The van der Waals surface area contributed by atoms with E-state index in [0.717, 1.165) is 16.4 Å². The molecular weight excluding hydrogens is 451 g/mol. The van der Waals surface area contributed by atoms with Crippen LogP contribution in [0.3, 0.4) is 0 Å². The maximum Gasteiger partial charge on any atom is 0.262 e. The van der Waals surface area contributed by atoms with Gasteiger partial charge in [-0.2, -0.15) is 0 Å². The third kappa shape index (κ3) is 5.18. The molecule has 0 aliphatic carbocycles. The van der Waals surface area contributed by atoms with E-state index in [2.05, 4.69) is 4.72 Å². The largest absolute Gasteiger partial charge is 0.492 e. The minimum atomic E-state index is -4.10. The van der Waals surface area contributed by atoms with Gasteiger partial charge >= 0.3 is 0 Å². The number of halogens is 1. The summed E-state index contributed by atoms with van der Waals surface area (Å²) in [4.78, 5) is 5.27. The highest BCUT2D eigenvalue weighted by molar-refractivity contribution is 7.92. The van der Waals surface area contributed by atoms with Gasteiger partial charge in [0.25, 0.3) is 15.9 Å². The molecule has 0 saturated heterocycles. The molecule has 3 aromatic carbocycles. The fourth-order valence-electron chi connectivity index (χ4n) is 2.92. The Balaban J connectivity index is 1.46. The molecule has 33 heavy (non-hydrogen) atoms. The van der Waals surface area contributed by atoms with E-state index in [9.17, 15) is 23.0 Å². The topological polar surface area (TPSA) is 110 Å². The molecule has 1 aromatic heterocycles. The van der Waals surface area contributed by atoms with Crippen LogP contribution in [0, 0.1) is 5.82 Å². The van der Waals surface area contributed by atoms with Crippen LogP contribution in [-0.2, 0) is 16.6 Å². The number of ether oxygens (including phenoxy) is 1. The summed E-state index contributed by atoms with van der Waals surface area (Å²) in [5.74, 6) is -0.750. The van der Waals surface area contributed by atoms with Gasteiger partial charge in [-0.3, -0.25) is 4.72 Å². The monoisotopic (exact) mass is 470 g/mol. The molecule has 0 saturated carbocycles. The second-order valence-corrected chi connectivity index (χ2v) is 8.61. The van der Waals surface area contributed by atoms with Crippen molar-refractivity contribution in [1.29, 1.82) is 0 Å². The van der Waals surface area contributed by atoms with E-state index >= 15 is 0 Å². The SMILES string of the molecule is O=S(=O)(Nc1cc(O)n(OCc2ccccc2)c1O)c1ccc(Oc2ccc(F)cc2)cc1. The van der Waals surface area contributed by atoms with Crippen molar-refractivity contribution in [2.75, 3.05) is 4.72 Å². The number of anilines is 1. The van der Waals surface area contributed by atoms with Crippen LogP contribution in [0.4, 0.5) is 10.1 Å². The highest BCUT2D eigenvalue weighted by Gasteiger charge is 2.22. The van der Waals surface area contributed by atoms with Crippen molar-refractivity contribution in [2.45, 2.75) is 11.5 Å². The predicted octanol–water partition coefficient (Wildman–Crippen LogP) is 4.26. The summed E-state index contributed by atoms with van der Waals surface area (Å²) in [6.07, 6.45) is 0. The maximum absolute atomic E-state index is 13.0. The first-order chi connectivity index (χ1) is 15.8. The summed E-state index contributed by atoms with van der Waals surface area (Å²) in [5.41, 5.74) is 0.530. The number of benzene rings is 3. The Hall–Kier alpha value is -4.18. The second-order valence-electron chi connectivity index (χ2n) is 6.93. The van der Waals surface area contributed by atoms with Gasteiger partial charge in [0, 0.05) is 6.07 Å². The molecule has 0 spiro atoms. The van der Waals surface area contributed by atoms with E-state index in [1.165, 1.54) is 48.5 Å². The summed E-state index contributed by atoms with van der Waals surface area (Å²) < 4.78 is 46.9. The van der Waals surface area contributed by atoms with E-state index in [1.54, 1.807) is 12.1 Å². The summed E-state index contributed by atoms with van der Waals surface area (Å²) >= 11 is 0. The number of hydrogen-bond acceptors (Lipinski definition) is 6. The van der Waals surface area contributed by atoms with Gasteiger partial charge in [-0.25, -0.2) is 12.8 Å². The summed E-state index contributed by atoms with van der Waals surface area (Å²) in [6, 6.07) is 20.9. The Labute approximate surface area is 189 Å². The number of aromatic nitrogens is 1. The Morgan fingerprint density at radius 3 is 2.12 bits per heavy atom. The summed E-state index contributed by atoms with van der Waals surface area (Å²) in [5, 5.41) is 20.4. The van der Waals surface area contributed by atoms with Crippen LogP contribution in [-0.4, -0.2) is 23.4 Å². The molecule has 0 aliphatic rings. The minimum Gasteiger partial charge on any atom is -0.492 e. The van der Waals surface area contributed by atoms with Gasteiger partial charge in [0.15, 0.2) is 0 Å². The Morgan fingerprint density at radius 2 is 1.48 bits per heavy atom. The van der Waals surface area contributed by atoms with E-state index < -0.39 is 27.6 Å². The van der Waals surface area contributed by atoms with Crippen molar-refractivity contribution < 1.29 is 32.6 Å². The number of hydrogen-bond donors (Lipinski definition) is 3. The lowest BCUT2D eigenvalue weighted by Crippen LogP contribution is -2.13. The van der Waals surface area contributed by atoms with Crippen molar-refractivity contribution in [1.82, 2.24) is 4.73 Å². The first-order valence-electron chi connectivity index (χ1n) is 9.69. The molecule has 0 bridgehead atoms. The normalized spacial score (nSPS) is 11.2. The molecule has 8 nitrogen and oxygen atoms in total. The molecule has 3 N–H and O–H groups in total. The smallest absolute Gasteiger partial charge is 0.262 e. The molecule has 0 aliphatic heterocycles. The van der Waals surface area contributed by atoms with Gasteiger partial charge in [0.1, 0.15) is 29.6 Å². The highest BCUT2D eigenvalue weighted by atomic mass is 32.2. The molecule has 4 aromatic rings. The van der Waals surface area contributed by atoms with Crippen LogP contribution < -0.4 is 14.3 Å². The average Bonchev–Trinajstić information content (AvgIpc) is 3.06. The van der Waals surface area contributed by atoms with Crippen molar-refractivity contribution in [3.05, 3.63) is 96.3 Å². The number of aromatic hydroxyl groups is 2. The molecule has 0 radical (unpaired) electrons. The van der Waals surface area contributed by atoms with Crippen LogP contribution in [0.5, 0.6) is 23.3 Å². The molecule has 1 heterocycles. The van der Waals surface area contributed by atoms with Gasteiger partial charge in [-0.05, 0) is 54.1 Å². The van der Waals surface area contributed by atoms with Crippen molar-refractivity contribution in [3.8, 4) is 23.3 Å². The van der Waals surface area contributed by atoms with Crippen LogP contribution in [0.25, 0.3) is 0 Å². The molecule has 10 heteroatoms. The lowest BCUT2D eigenvalue weighted by atomic mass is 10.2. The number of sulfonamides is 1. The zero-order valence-corrected chi connectivity index (χ0v) is 17.9. The fourth-order valence-corrected chi connectivity index (χ4v) is 3.97. The Morgan fingerprint density at radius 1 is 0.879 bits per heavy atom. The van der Waals surface area contributed by atoms with Crippen LogP contribution in [0.1, 0.15) is 5.56 Å². The molecule has 0 unspecified atom stereocenters. The fraction of sp³-hybridized carbons (Fsp3) is 0.0435. The van der Waals surface area contributed by atoms with Crippen LogP contribution >= 0.6 is 0 Å². The number of rotatable bonds is 8. The summed E-state index contributed by atoms with van der Waals surface area (Å²) in [7, 11) is -4.10. The third-order valence-corrected chi connectivity index (χ3v) is 5.93. The zero-order valence-electron chi connectivity index (χ0n) is 17.1. The van der Waals surface area contributed by atoms with E-state index in [4.69, 9.17) is 9.57 Å². The molecular formula is C23H19FN2O6S. The quantitative estimate of drug-likeness (QED) is 0.355. The summed E-state index contributed by atoms with van der Waals surface area (Å²) in [6.45, 7) is 0.0400. The van der Waals surface area contributed by atoms with Gasteiger partial charge < -0.3 is 19.8 Å². The first-order valence-corrected chi connectivity index (χ1v) is 11.2. The first kappa shape index (κ1) is 22.0. The van der Waals surface area contributed by atoms with Gasteiger partial charge in [-0.15, -0.1) is 4.73 Å². The van der Waals surface area contributed by atoms with E-state index in [-0.39, 0.29) is 17.2 Å². The van der Waals surface area contributed by atoms with Crippen LogP contribution in [0.2, 0.25) is 0 Å². The number of nitrogens with one attached hydrogen (secondary N) is 1. The van der Waals surface area contributed by atoms with Gasteiger partial charge in [-0.1, -0.05) is 30.3 Å². The van der Waals surface area contributed by atoms with Gasteiger partial charge in [0.05, 0.1) is 4.90 Å². The Kier molecular flexibility index (Phi) is 6.09. The van der Waals surface area contributed by atoms with Crippen molar-refractivity contribution in [2.24, 2.45) is 0 Å². The Bertz CT molecular complexity index is 1340. The molecule has 170 valence electrons. The van der Waals surface area contributed by atoms with Gasteiger partial charge in [0.2, 0.25) is 5.88 Å². The molecule has 0 atom stereocenters. The third-order valence-electron chi connectivity index (χ3n) is 4.55. The lowest BCUT2D eigenvalue weighted by Gasteiger charge is -2.10. The maximum atomic E-state index is 13.0. The molecule has 4 rings (SSSR count). The van der Waals surface area contributed by atoms with E-state index in [0.29, 0.717) is 11.5 Å². The van der Waals surface area contributed by atoms with Crippen molar-refractivity contribution >= 4 is 15.7 Å². The molecule has 0 amide bonds. The van der Waals surface area contributed by atoms with Crippen molar-refractivity contribution in [3.63, 3.8) is 0 Å². The zero-order chi connectivity index (χ0) is 23.4.